The third kappa shape index (κ3) is 3.56. The first-order chi connectivity index (χ1) is 11.5. The van der Waals surface area contributed by atoms with Crippen LogP contribution in [0.25, 0.3) is 11.6 Å². The molecular weight excluding hydrogens is 367 g/mol. The summed E-state index contributed by atoms with van der Waals surface area (Å²) >= 11 is 0. The molecule has 0 amide bonds. The Balaban J connectivity index is 2.72. The quantitative estimate of drug-likeness (QED) is 0.492. The number of alkyl halides is 3. The van der Waals surface area contributed by atoms with Crippen molar-refractivity contribution in [2.75, 3.05) is 0 Å². The van der Waals surface area contributed by atoms with Gasteiger partial charge in [-0.1, -0.05) is 0 Å². The van der Waals surface area contributed by atoms with Gasteiger partial charge in [0, 0.05) is 11.8 Å². The van der Waals surface area contributed by atoms with E-state index in [9.17, 15) is 26.4 Å². The minimum absolute atomic E-state index is 0.00682. The molecule has 0 aromatic carbocycles. The van der Waals surface area contributed by atoms with Crippen molar-refractivity contribution in [1.82, 2.24) is 9.61 Å². The third-order valence-electron chi connectivity index (χ3n) is 2.92. The van der Waals surface area contributed by atoms with E-state index < -0.39 is 27.3 Å². The molecule has 2 heterocycles. The number of nitriles is 1. The second kappa shape index (κ2) is 6.10. The highest BCUT2D eigenvalue weighted by Gasteiger charge is 2.49. The standard InChI is InChI=1S/C13H8F3N3O5S/c1-7(12(20)21)2-8-3-10(24-25(22,23)13(14,15)16)11-9(4-17)5-18-19(11)6-8/h2-3,5-6H,1H3,(H,20,21)/b7-2+. The molecule has 0 saturated heterocycles. The molecule has 2 aromatic heterocycles. The molecule has 8 nitrogen and oxygen atoms in total. The summed E-state index contributed by atoms with van der Waals surface area (Å²) in [7, 11) is -5.99. The Hall–Kier alpha value is -3.07. The van der Waals surface area contributed by atoms with Crippen molar-refractivity contribution in [2.24, 2.45) is 0 Å². The van der Waals surface area contributed by atoms with Crippen LogP contribution < -0.4 is 4.18 Å². The number of aliphatic carboxylic acids is 1. The van der Waals surface area contributed by atoms with Crippen LogP contribution in [0.2, 0.25) is 0 Å². The summed E-state index contributed by atoms with van der Waals surface area (Å²) in [5.41, 5.74) is -6.37. The van der Waals surface area contributed by atoms with Crippen LogP contribution in [0.4, 0.5) is 13.2 Å². The number of nitrogens with zero attached hydrogens (tertiary/aromatic N) is 3. The van der Waals surface area contributed by atoms with E-state index in [1.165, 1.54) is 13.1 Å². The van der Waals surface area contributed by atoms with E-state index in [0.29, 0.717) is 0 Å². The molecule has 0 unspecified atom stereocenters. The lowest BCUT2D eigenvalue weighted by molar-refractivity contribution is -0.132. The molecule has 1 N–H and O–H groups in total. The number of carboxylic acids is 1. The molecule has 12 heteroatoms. The topological polar surface area (TPSA) is 122 Å². The predicted molar refractivity (Wildman–Crippen MR) is 76.8 cm³/mol. The fraction of sp³-hybridized carbons (Fsp3) is 0.154. The monoisotopic (exact) mass is 375 g/mol. The molecule has 2 rings (SSSR count). The Labute approximate surface area is 138 Å². The van der Waals surface area contributed by atoms with E-state index in [-0.39, 0.29) is 22.2 Å². The van der Waals surface area contributed by atoms with Crippen LogP contribution in [0.3, 0.4) is 0 Å². The van der Waals surface area contributed by atoms with E-state index in [1.807, 2.05) is 0 Å². The van der Waals surface area contributed by atoms with Crippen LogP contribution in [0.15, 0.2) is 24.0 Å². The van der Waals surface area contributed by atoms with Gasteiger partial charge in [-0.15, -0.1) is 0 Å². The van der Waals surface area contributed by atoms with Crippen LogP contribution in [-0.2, 0) is 14.9 Å². The Morgan fingerprint density at radius 1 is 1.48 bits per heavy atom. The Morgan fingerprint density at radius 3 is 2.64 bits per heavy atom. The van der Waals surface area contributed by atoms with Crippen molar-refractivity contribution in [3.63, 3.8) is 0 Å². The van der Waals surface area contributed by atoms with Gasteiger partial charge < -0.3 is 9.29 Å². The van der Waals surface area contributed by atoms with Crippen LogP contribution >= 0.6 is 0 Å². The molecule has 0 bridgehead atoms. The molecular formula is C13H8F3N3O5S. The summed E-state index contributed by atoms with van der Waals surface area (Å²) in [5.74, 6) is -2.10. The fourth-order valence-corrected chi connectivity index (χ4v) is 2.26. The van der Waals surface area contributed by atoms with E-state index >= 15 is 0 Å². The summed E-state index contributed by atoms with van der Waals surface area (Å²) in [4.78, 5) is 10.9. The number of rotatable bonds is 4. The zero-order valence-electron chi connectivity index (χ0n) is 12.3. The summed E-state index contributed by atoms with van der Waals surface area (Å²) in [6, 6.07) is 2.51. The average molecular weight is 375 g/mol. The van der Waals surface area contributed by atoms with Crippen LogP contribution in [-0.4, -0.2) is 34.6 Å². The van der Waals surface area contributed by atoms with Gasteiger partial charge in [-0.3, -0.25) is 0 Å². The number of hydrogen-bond acceptors (Lipinski definition) is 6. The van der Waals surface area contributed by atoms with Gasteiger partial charge in [0.2, 0.25) is 0 Å². The van der Waals surface area contributed by atoms with Crippen molar-refractivity contribution in [1.29, 1.82) is 5.26 Å². The molecule has 0 atom stereocenters. The molecule has 0 fully saturated rings. The van der Waals surface area contributed by atoms with Gasteiger partial charge in [0.25, 0.3) is 0 Å². The molecule has 0 spiro atoms. The first kappa shape index (κ1) is 18.3. The SMILES string of the molecule is C/C(=C\c1cc(OS(=O)(=O)C(F)(F)F)c2c(C#N)cnn2c1)C(=O)O. The molecule has 0 aliphatic rings. The highest BCUT2D eigenvalue weighted by Crippen LogP contribution is 2.32. The predicted octanol–water partition coefficient (Wildman–Crippen LogP) is 1.92. The Kier molecular flexibility index (Phi) is 4.46. The first-order valence-electron chi connectivity index (χ1n) is 6.30. The first-order valence-corrected chi connectivity index (χ1v) is 7.71. The lowest BCUT2D eigenvalue weighted by atomic mass is 10.1. The maximum absolute atomic E-state index is 12.6. The number of fused-ring (bicyclic) bond motifs is 1. The third-order valence-corrected chi connectivity index (χ3v) is 3.89. The Bertz CT molecular complexity index is 1030. The molecule has 25 heavy (non-hydrogen) atoms. The van der Waals surface area contributed by atoms with Gasteiger partial charge in [0.15, 0.2) is 5.75 Å². The summed E-state index contributed by atoms with van der Waals surface area (Å²) in [6.07, 6.45) is 3.28. The zero-order valence-corrected chi connectivity index (χ0v) is 13.1. The molecule has 0 saturated carbocycles. The van der Waals surface area contributed by atoms with E-state index in [0.717, 1.165) is 22.9 Å². The van der Waals surface area contributed by atoms with Crippen molar-refractivity contribution in [3.05, 3.63) is 35.2 Å². The van der Waals surface area contributed by atoms with Gasteiger partial charge in [-0.25, -0.2) is 9.31 Å². The van der Waals surface area contributed by atoms with Crippen molar-refractivity contribution in [2.45, 2.75) is 12.4 Å². The molecule has 0 radical (unpaired) electrons. The molecule has 0 aliphatic heterocycles. The van der Waals surface area contributed by atoms with Crippen LogP contribution in [0.1, 0.15) is 18.1 Å². The number of halogens is 3. The number of pyridine rings is 1. The van der Waals surface area contributed by atoms with Crippen molar-refractivity contribution < 1.29 is 35.7 Å². The van der Waals surface area contributed by atoms with Gasteiger partial charge in [0.05, 0.1) is 6.20 Å². The normalized spacial score (nSPS) is 12.8. The number of carboxylic acid groups (broad SMARTS) is 1. The number of carbonyl (C=O) groups is 1. The largest absolute Gasteiger partial charge is 0.534 e. The van der Waals surface area contributed by atoms with Gasteiger partial charge in [-0.2, -0.15) is 31.9 Å². The number of aromatic nitrogens is 2. The van der Waals surface area contributed by atoms with Crippen molar-refractivity contribution >= 4 is 27.7 Å². The average Bonchev–Trinajstić information content (AvgIpc) is 2.88. The smallest absolute Gasteiger partial charge is 0.478 e. The maximum Gasteiger partial charge on any atom is 0.534 e. The van der Waals surface area contributed by atoms with Gasteiger partial charge >= 0.3 is 21.6 Å². The van der Waals surface area contributed by atoms with Crippen LogP contribution in [0, 0.1) is 11.3 Å². The van der Waals surface area contributed by atoms with Gasteiger partial charge in [-0.05, 0) is 24.6 Å². The zero-order chi connectivity index (χ0) is 19.0. The minimum Gasteiger partial charge on any atom is -0.478 e. The van der Waals surface area contributed by atoms with Crippen molar-refractivity contribution in [3.8, 4) is 11.8 Å². The molecule has 132 valence electrons. The minimum atomic E-state index is -5.99. The summed E-state index contributed by atoms with van der Waals surface area (Å²) in [5, 5.41) is 21.5. The molecule has 2 aromatic rings. The molecule has 0 aliphatic carbocycles. The highest BCUT2D eigenvalue weighted by atomic mass is 32.2. The lowest BCUT2D eigenvalue weighted by Crippen LogP contribution is -2.28. The fourth-order valence-electron chi connectivity index (χ4n) is 1.81. The highest BCUT2D eigenvalue weighted by molar-refractivity contribution is 7.88. The van der Waals surface area contributed by atoms with E-state index in [1.54, 1.807) is 6.07 Å². The van der Waals surface area contributed by atoms with E-state index in [4.69, 9.17) is 10.4 Å². The Morgan fingerprint density at radius 2 is 2.12 bits per heavy atom. The summed E-state index contributed by atoms with van der Waals surface area (Å²) < 4.78 is 65.2. The lowest BCUT2D eigenvalue weighted by Gasteiger charge is -2.11. The van der Waals surface area contributed by atoms with Gasteiger partial charge in [0.1, 0.15) is 17.1 Å². The second-order valence-electron chi connectivity index (χ2n) is 4.72. The maximum atomic E-state index is 12.6. The van der Waals surface area contributed by atoms with E-state index in [2.05, 4.69) is 9.28 Å². The summed E-state index contributed by atoms with van der Waals surface area (Å²) in [6.45, 7) is 1.23. The number of hydrogen-bond donors (Lipinski definition) is 1. The second-order valence-corrected chi connectivity index (χ2v) is 6.25. The van der Waals surface area contributed by atoms with Crippen LogP contribution in [0.5, 0.6) is 5.75 Å².